The van der Waals surface area contributed by atoms with Crippen LogP contribution < -0.4 is 0 Å². The van der Waals surface area contributed by atoms with E-state index < -0.39 is 0 Å². The highest BCUT2D eigenvalue weighted by Gasteiger charge is 2.09. The Hall–Kier alpha value is -0.950. The van der Waals surface area contributed by atoms with Crippen molar-refractivity contribution in [2.45, 2.75) is 55.4 Å². The maximum atomic E-state index is 2.29. The summed E-state index contributed by atoms with van der Waals surface area (Å²) in [5.74, 6) is 1.51. The highest BCUT2D eigenvalue weighted by molar-refractivity contribution is 8.03. The SMILES string of the molecule is CC.CC.C\C=C/C1=C(\C=C\C)SC/C=C(C)\C=C/C1C. The summed E-state index contributed by atoms with van der Waals surface area (Å²) in [7, 11) is 0. The molecule has 0 aliphatic carbocycles. The molecule has 21 heavy (non-hydrogen) atoms. The van der Waals surface area contributed by atoms with Gasteiger partial charge < -0.3 is 0 Å². The smallest absolute Gasteiger partial charge is 0.0166 e. The van der Waals surface area contributed by atoms with Gasteiger partial charge in [0.2, 0.25) is 0 Å². The molecule has 1 aliphatic rings. The lowest BCUT2D eigenvalue weighted by molar-refractivity contribution is 0.887. The lowest BCUT2D eigenvalue weighted by Crippen LogP contribution is -1.96. The Morgan fingerprint density at radius 1 is 1.05 bits per heavy atom. The Morgan fingerprint density at radius 2 is 1.62 bits per heavy atom. The van der Waals surface area contributed by atoms with Gasteiger partial charge in [0.25, 0.3) is 0 Å². The van der Waals surface area contributed by atoms with Crippen molar-refractivity contribution in [3.05, 3.63) is 58.6 Å². The number of thioether (sulfide) groups is 1. The highest BCUT2D eigenvalue weighted by Crippen LogP contribution is 2.29. The molecule has 0 aromatic heterocycles. The predicted molar refractivity (Wildman–Crippen MR) is 104 cm³/mol. The summed E-state index contributed by atoms with van der Waals surface area (Å²) in [5.41, 5.74) is 2.76. The summed E-state index contributed by atoms with van der Waals surface area (Å²) in [5, 5.41) is 0. The van der Waals surface area contributed by atoms with E-state index in [1.807, 2.05) is 39.5 Å². The molecule has 1 heterocycles. The van der Waals surface area contributed by atoms with Crippen LogP contribution in [0.1, 0.15) is 55.4 Å². The lowest BCUT2D eigenvalue weighted by atomic mass is 9.98. The van der Waals surface area contributed by atoms with Crippen molar-refractivity contribution in [1.82, 2.24) is 0 Å². The highest BCUT2D eigenvalue weighted by atomic mass is 32.2. The molecule has 1 rings (SSSR count). The molecule has 0 amide bonds. The number of hydrogen-bond donors (Lipinski definition) is 0. The van der Waals surface area contributed by atoms with Crippen LogP contribution in [0.15, 0.2) is 58.6 Å². The molecule has 0 radical (unpaired) electrons. The quantitative estimate of drug-likeness (QED) is 0.514. The molecule has 0 fully saturated rings. The zero-order chi connectivity index (χ0) is 16.7. The molecule has 0 bridgehead atoms. The summed E-state index contributed by atoms with van der Waals surface area (Å²) < 4.78 is 0. The fraction of sp³-hybridized carbons (Fsp3) is 0.500. The van der Waals surface area contributed by atoms with Gasteiger partial charge in [-0.15, -0.1) is 11.8 Å². The first-order valence-electron chi connectivity index (χ1n) is 8.16. The van der Waals surface area contributed by atoms with Gasteiger partial charge in [0, 0.05) is 16.6 Å². The van der Waals surface area contributed by atoms with E-state index in [1.54, 1.807) is 0 Å². The summed E-state index contributed by atoms with van der Waals surface area (Å²) in [6.07, 6.45) is 15.5. The molecule has 0 aromatic carbocycles. The average molecular weight is 307 g/mol. The second-order valence-corrected chi connectivity index (χ2v) is 5.29. The van der Waals surface area contributed by atoms with Crippen molar-refractivity contribution in [3.63, 3.8) is 0 Å². The van der Waals surface area contributed by atoms with E-state index in [0.717, 1.165) is 5.75 Å². The van der Waals surface area contributed by atoms with Crippen LogP contribution in [0.5, 0.6) is 0 Å². The van der Waals surface area contributed by atoms with E-state index >= 15 is 0 Å². The second kappa shape index (κ2) is 15.4. The van der Waals surface area contributed by atoms with Crippen molar-refractivity contribution in [2.24, 2.45) is 5.92 Å². The second-order valence-electron chi connectivity index (χ2n) is 4.23. The van der Waals surface area contributed by atoms with E-state index in [0.29, 0.717) is 5.92 Å². The fourth-order valence-corrected chi connectivity index (χ4v) is 2.93. The lowest BCUT2D eigenvalue weighted by Gasteiger charge is -2.12. The molecule has 1 heteroatoms. The van der Waals surface area contributed by atoms with Gasteiger partial charge in [-0.2, -0.15) is 0 Å². The molecule has 0 saturated heterocycles. The minimum atomic E-state index is 0.464. The molecule has 0 spiro atoms. The third-order valence-corrected chi connectivity index (χ3v) is 3.75. The molecule has 1 unspecified atom stereocenters. The van der Waals surface area contributed by atoms with E-state index in [-0.39, 0.29) is 0 Å². The molecule has 0 N–H and O–H groups in total. The largest absolute Gasteiger partial charge is 0.122 e. The Labute approximate surface area is 137 Å². The minimum absolute atomic E-state index is 0.464. The Kier molecular flexibility index (Phi) is 16.4. The van der Waals surface area contributed by atoms with Crippen LogP contribution in [0, 0.1) is 5.92 Å². The van der Waals surface area contributed by atoms with Crippen LogP contribution in [0.2, 0.25) is 0 Å². The van der Waals surface area contributed by atoms with Crippen molar-refractivity contribution in [2.75, 3.05) is 5.75 Å². The van der Waals surface area contributed by atoms with Gasteiger partial charge >= 0.3 is 0 Å². The van der Waals surface area contributed by atoms with Crippen molar-refractivity contribution in [3.8, 4) is 0 Å². The van der Waals surface area contributed by atoms with Crippen molar-refractivity contribution < 1.29 is 0 Å². The van der Waals surface area contributed by atoms with Crippen LogP contribution in [0.4, 0.5) is 0 Å². The van der Waals surface area contributed by atoms with Gasteiger partial charge in [-0.3, -0.25) is 0 Å². The van der Waals surface area contributed by atoms with Crippen molar-refractivity contribution in [1.29, 1.82) is 0 Å². The Bertz CT molecular complexity index is 392. The Morgan fingerprint density at radius 3 is 2.14 bits per heavy atom. The van der Waals surface area contributed by atoms with Crippen LogP contribution in [-0.2, 0) is 0 Å². The van der Waals surface area contributed by atoms with Crippen LogP contribution in [0.25, 0.3) is 0 Å². The normalized spacial score (nSPS) is 26.5. The number of hydrogen-bond acceptors (Lipinski definition) is 1. The van der Waals surface area contributed by atoms with E-state index in [2.05, 4.69) is 70.2 Å². The maximum Gasteiger partial charge on any atom is 0.0166 e. The summed E-state index contributed by atoms with van der Waals surface area (Å²) in [6, 6.07) is 0. The topological polar surface area (TPSA) is 0 Å². The zero-order valence-corrected chi connectivity index (χ0v) is 16.1. The van der Waals surface area contributed by atoms with Gasteiger partial charge in [-0.25, -0.2) is 0 Å². The number of rotatable bonds is 2. The van der Waals surface area contributed by atoms with E-state index in [4.69, 9.17) is 0 Å². The van der Waals surface area contributed by atoms with Gasteiger partial charge in [0.05, 0.1) is 0 Å². The van der Waals surface area contributed by atoms with Crippen molar-refractivity contribution >= 4 is 11.8 Å². The van der Waals surface area contributed by atoms with Crippen LogP contribution in [-0.4, -0.2) is 5.75 Å². The summed E-state index contributed by atoms with van der Waals surface area (Å²) in [6.45, 7) is 16.6. The third kappa shape index (κ3) is 9.57. The minimum Gasteiger partial charge on any atom is -0.122 e. The summed E-state index contributed by atoms with van der Waals surface area (Å²) >= 11 is 1.92. The third-order valence-electron chi connectivity index (χ3n) is 2.73. The van der Waals surface area contributed by atoms with Gasteiger partial charge in [-0.1, -0.05) is 82.7 Å². The van der Waals surface area contributed by atoms with E-state index in [1.165, 1.54) is 16.1 Å². The fourth-order valence-electron chi connectivity index (χ4n) is 1.75. The first-order chi connectivity index (χ1) is 10.2. The standard InChI is InChI=1S/C16H22S.2C2H6/c1-5-7-15-14(4)10-9-13(3)11-12-17-16(15)8-6-2;2*1-2/h5-11,14H,12H2,1-4H3;2*1-2H3/b7-5-,8-6+,10-9-,13-11-,16-15-;;. The van der Waals surface area contributed by atoms with Crippen LogP contribution in [0.3, 0.4) is 0 Å². The maximum absolute atomic E-state index is 2.29. The molecule has 1 aliphatic heterocycles. The molecule has 120 valence electrons. The van der Waals surface area contributed by atoms with E-state index in [9.17, 15) is 0 Å². The average Bonchev–Trinajstić information content (AvgIpc) is 2.58. The first-order valence-corrected chi connectivity index (χ1v) is 9.15. The molecule has 0 aromatic rings. The molecule has 1 atom stereocenters. The molecular formula is C20H34S. The Balaban J connectivity index is 0. The molecule has 0 saturated carbocycles. The number of allylic oxidation sites excluding steroid dienone is 8. The van der Waals surface area contributed by atoms with Gasteiger partial charge in [-0.05, 0) is 26.3 Å². The predicted octanol–water partition coefficient (Wildman–Crippen LogP) is 7.33. The molecular weight excluding hydrogens is 272 g/mol. The zero-order valence-electron chi connectivity index (χ0n) is 15.2. The van der Waals surface area contributed by atoms with Gasteiger partial charge in [0.1, 0.15) is 0 Å². The molecule has 0 nitrogen and oxygen atoms in total. The van der Waals surface area contributed by atoms with Gasteiger partial charge in [0.15, 0.2) is 0 Å². The first kappa shape index (κ1) is 22.3. The monoisotopic (exact) mass is 306 g/mol. The summed E-state index contributed by atoms with van der Waals surface area (Å²) in [4.78, 5) is 1.38. The van der Waals surface area contributed by atoms with Crippen LogP contribution >= 0.6 is 11.8 Å².